The highest BCUT2D eigenvalue weighted by Crippen LogP contribution is 2.31. The Hall–Kier alpha value is -1.07. The van der Waals surface area contributed by atoms with Crippen molar-refractivity contribution in [1.82, 2.24) is 4.90 Å². The second kappa shape index (κ2) is 5.74. The topological polar surface area (TPSA) is 54.5 Å². The summed E-state index contributed by atoms with van der Waals surface area (Å²) >= 11 is 0. The highest BCUT2D eigenvalue weighted by atomic mass is 35.7. The summed E-state index contributed by atoms with van der Waals surface area (Å²) in [6, 6.07) is 5.88. The number of benzene rings is 1. The van der Waals surface area contributed by atoms with Crippen LogP contribution in [0.15, 0.2) is 29.2 Å². The molecule has 0 N–H and O–H groups in total. The van der Waals surface area contributed by atoms with Gasteiger partial charge >= 0.3 is 0 Å². The average Bonchev–Trinajstić information content (AvgIpc) is 3.18. The van der Waals surface area contributed by atoms with Gasteiger partial charge in [0.05, 0.1) is 4.90 Å². The lowest BCUT2D eigenvalue weighted by atomic mass is 10.1. The van der Waals surface area contributed by atoms with E-state index in [0.717, 1.165) is 6.54 Å². The molecule has 0 aliphatic heterocycles. The molecular formula is C14H18ClNO3S. The third-order valence-corrected chi connectivity index (χ3v) is 4.79. The predicted octanol–water partition coefficient (Wildman–Crippen LogP) is 2.87. The van der Waals surface area contributed by atoms with E-state index in [0.29, 0.717) is 11.5 Å². The molecule has 0 heterocycles. The summed E-state index contributed by atoms with van der Waals surface area (Å²) in [6.07, 6.45) is 2.36. The maximum absolute atomic E-state index is 12.5. The van der Waals surface area contributed by atoms with E-state index < -0.39 is 9.05 Å². The molecule has 2 rings (SSSR count). The summed E-state index contributed by atoms with van der Waals surface area (Å²) in [6.45, 7) is 4.74. The van der Waals surface area contributed by atoms with Gasteiger partial charge in [-0.15, -0.1) is 0 Å². The monoisotopic (exact) mass is 315 g/mol. The number of rotatable bonds is 5. The Morgan fingerprint density at radius 1 is 1.30 bits per heavy atom. The van der Waals surface area contributed by atoms with Gasteiger partial charge in [-0.1, -0.05) is 0 Å². The van der Waals surface area contributed by atoms with Crippen molar-refractivity contribution in [2.75, 3.05) is 6.54 Å². The first-order valence-corrected chi connectivity index (χ1v) is 8.95. The van der Waals surface area contributed by atoms with Crippen LogP contribution in [-0.2, 0) is 9.05 Å². The Kier molecular flexibility index (Phi) is 4.39. The third-order valence-electron chi connectivity index (χ3n) is 3.42. The molecule has 1 amide bonds. The quantitative estimate of drug-likeness (QED) is 0.785. The van der Waals surface area contributed by atoms with Gasteiger partial charge in [0.1, 0.15) is 0 Å². The molecule has 0 atom stereocenters. The zero-order chi connectivity index (χ0) is 14.9. The van der Waals surface area contributed by atoms with Gasteiger partial charge in [0, 0.05) is 28.8 Å². The maximum atomic E-state index is 12.5. The SMILES string of the molecule is CC(C)N(CC1CC1)C(=O)c1ccc(S(=O)(=O)Cl)cc1. The molecule has 20 heavy (non-hydrogen) atoms. The summed E-state index contributed by atoms with van der Waals surface area (Å²) < 4.78 is 22.4. The fourth-order valence-corrected chi connectivity index (χ4v) is 2.80. The van der Waals surface area contributed by atoms with Gasteiger partial charge in [0.25, 0.3) is 15.0 Å². The summed E-state index contributed by atoms with van der Waals surface area (Å²) in [5, 5.41) is 0. The van der Waals surface area contributed by atoms with E-state index in [4.69, 9.17) is 10.7 Å². The van der Waals surface area contributed by atoms with E-state index in [-0.39, 0.29) is 16.8 Å². The molecule has 1 aliphatic carbocycles. The molecule has 1 aliphatic rings. The van der Waals surface area contributed by atoms with Crippen LogP contribution in [0.2, 0.25) is 0 Å². The predicted molar refractivity (Wildman–Crippen MR) is 78.4 cm³/mol. The number of carbonyl (C=O) groups is 1. The van der Waals surface area contributed by atoms with Gasteiger partial charge in [0.2, 0.25) is 0 Å². The van der Waals surface area contributed by atoms with Crippen molar-refractivity contribution in [3.05, 3.63) is 29.8 Å². The summed E-state index contributed by atoms with van der Waals surface area (Å²) in [5.74, 6) is 0.550. The lowest BCUT2D eigenvalue weighted by Gasteiger charge is -2.27. The van der Waals surface area contributed by atoms with Crippen molar-refractivity contribution in [2.45, 2.75) is 37.6 Å². The Balaban J connectivity index is 2.18. The van der Waals surface area contributed by atoms with Crippen molar-refractivity contribution >= 4 is 25.6 Å². The van der Waals surface area contributed by atoms with Gasteiger partial charge in [0.15, 0.2) is 0 Å². The number of amides is 1. The molecule has 0 bridgehead atoms. The smallest absolute Gasteiger partial charge is 0.261 e. The molecular weight excluding hydrogens is 298 g/mol. The summed E-state index contributed by atoms with van der Waals surface area (Å²) in [4.78, 5) is 14.3. The van der Waals surface area contributed by atoms with Crippen LogP contribution >= 0.6 is 10.7 Å². The van der Waals surface area contributed by atoms with Crippen LogP contribution in [0.3, 0.4) is 0 Å². The van der Waals surface area contributed by atoms with Crippen LogP contribution in [0.25, 0.3) is 0 Å². The highest BCUT2D eigenvalue weighted by Gasteiger charge is 2.28. The number of carbonyl (C=O) groups excluding carboxylic acids is 1. The Morgan fingerprint density at radius 2 is 1.85 bits per heavy atom. The van der Waals surface area contributed by atoms with E-state index in [9.17, 15) is 13.2 Å². The summed E-state index contributed by atoms with van der Waals surface area (Å²) in [7, 11) is 1.51. The van der Waals surface area contributed by atoms with Crippen LogP contribution in [-0.4, -0.2) is 31.8 Å². The molecule has 0 saturated heterocycles. The van der Waals surface area contributed by atoms with Crippen molar-refractivity contribution in [1.29, 1.82) is 0 Å². The molecule has 4 nitrogen and oxygen atoms in total. The largest absolute Gasteiger partial charge is 0.336 e. The molecule has 0 radical (unpaired) electrons. The van der Waals surface area contributed by atoms with Crippen LogP contribution in [0, 0.1) is 5.92 Å². The van der Waals surface area contributed by atoms with Gasteiger partial charge < -0.3 is 4.90 Å². The molecule has 1 saturated carbocycles. The lowest BCUT2D eigenvalue weighted by Crippen LogP contribution is -2.38. The van der Waals surface area contributed by atoms with Crippen LogP contribution in [0.1, 0.15) is 37.0 Å². The fourth-order valence-electron chi connectivity index (χ4n) is 2.03. The third kappa shape index (κ3) is 3.73. The van der Waals surface area contributed by atoms with E-state index in [1.165, 1.54) is 37.1 Å². The lowest BCUT2D eigenvalue weighted by molar-refractivity contribution is 0.0696. The Bertz CT molecular complexity index is 591. The molecule has 1 fully saturated rings. The zero-order valence-electron chi connectivity index (χ0n) is 11.5. The second-order valence-corrected chi connectivity index (χ2v) is 8.02. The molecule has 1 aromatic rings. The molecule has 110 valence electrons. The molecule has 0 aromatic heterocycles. The van der Waals surface area contributed by atoms with Crippen molar-refractivity contribution in [3.63, 3.8) is 0 Å². The first-order valence-electron chi connectivity index (χ1n) is 6.64. The molecule has 0 spiro atoms. The van der Waals surface area contributed by atoms with Gasteiger partial charge in [-0.25, -0.2) is 8.42 Å². The first kappa shape index (κ1) is 15.3. The minimum Gasteiger partial charge on any atom is -0.336 e. The van der Waals surface area contributed by atoms with Gasteiger partial charge in [-0.05, 0) is 56.9 Å². The maximum Gasteiger partial charge on any atom is 0.261 e. The van der Waals surface area contributed by atoms with Crippen molar-refractivity contribution < 1.29 is 13.2 Å². The normalized spacial score (nSPS) is 15.4. The number of hydrogen-bond donors (Lipinski definition) is 0. The first-order chi connectivity index (χ1) is 9.29. The van der Waals surface area contributed by atoms with Crippen molar-refractivity contribution in [3.8, 4) is 0 Å². The zero-order valence-corrected chi connectivity index (χ0v) is 13.1. The number of halogens is 1. The van der Waals surface area contributed by atoms with E-state index in [2.05, 4.69) is 0 Å². The molecule has 6 heteroatoms. The van der Waals surface area contributed by atoms with Crippen molar-refractivity contribution in [2.24, 2.45) is 5.92 Å². The second-order valence-electron chi connectivity index (χ2n) is 5.46. The average molecular weight is 316 g/mol. The van der Waals surface area contributed by atoms with Crippen LogP contribution < -0.4 is 0 Å². The van der Waals surface area contributed by atoms with Crippen LogP contribution in [0.4, 0.5) is 0 Å². The van der Waals surface area contributed by atoms with Gasteiger partial charge in [-0.2, -0.15) is 0 Å². The minimum absolute atomic E-state index is 0.00834. The highest BCUT2D eigenvalue weighted by molar-refractivity contribution is 8.13. The standard InChI is InChI=1S/C14H18ClNO3S/c1-10(2)16(9-11-3-4-11)14(17)12-5-7-13(8-6-12)20(15,18)19/h5-8,10-11H,3-4,9H2,1-2H3. The van der Waals surface area contributed by atoms with Gasteiger partial charge in [-0.3, -0.25) is 4.79 Å². The Labute approximate surface area is 124 Å². The molecule has 0 unspecified atom stereocenters. The minimum atomic E-state index is -3.74. The Morgan fingerprint density at radius 3 is 2.25 bits per heavy atom. The fraction of sp³-hybridized carbons (Fsp3) is 0.500. The van der Waals surface area contributed by atoms with Crippen LogP contribution in [0.5, 0.6) is 0 Å². The van der Waals surface area contributed by atoms with E-state index in [1.54, 1.807) is 0 Å². The van der Waals surface area contributed by atoms with E-state index in [1.807, 2.05) is 18.7 Å². The number of hydrogen-bond acceptors (Lipinski definition) is 3. The number of nitrogens with zero attached hydrogens (tertiary/aromatic N) is 1. The molecule has 1 aromatic carbocycles. The van der Waals surface area contributed by atoms with E-state index >= 15 is 0 Å². The summed E-state index contributed by atoms with van der Waals surface area (Å²) in [5.41, 5.74) is 0.489.